The predicted octanol–water partition coefficient (Wildman–Crippen LogP) is 3.51. The summed E-state index contributed by atoms with van der Waals surface area (Å²) in [5.74, 6) is -2.72. The van der Waals surface area contributed by atoms with Crippen LogP contribution in [0, 0.1) is 11.6 Å². The molecule has 0 radical (unpaired) electrons. The van der Waals surface area contributed by atoms with Gasteiger partial charge in [0.15, 0.2) is 11.6 Å². The van der Waals surface area contributed by atoms with Gasteiger partial charge in [-0.3, -0.25) is 0 Å². The summed E-state index contributed by atoms with van der Waals surface area (Å²) in [7, 11) is 0.856. The van der Waals surface area contributed by atoms with E-state index in [1.165, 1.54) is 0 Å². The summed E-state index contributed by atoms with van der Waals surface area (Å²) in [4.78, 5) is -0.713. The van der Waals surface area contributed by atoms with Gasteiger partial charge in [-0.1, -0.05) is 30.3 Å². The molecule has 0 aliphatic carbocycles. The molecular formula is C14H11ClF2O3S. The maximum Gasteiger partial charge on any atom is 0.265 e. The van der Waals surface area contributed by atoms with Crippen LogP contribution >= 0.6 is 10.7 Å². The van der Waals surface area contributed by atoms with Crippen molar-refractivity contribution in [3.63, 3.8) is 0 Å². The highest BCUT2D eigenvalue weighted by atomic mass is 35.7. The molecule has 2 aromatic carbocycles. The highest BCUT2D eigenvalue weighted by molar-refractivity contribution is 8.13. The molecule has 0 saturated heterocycles. The highest BCUT2D eigenvalue weighted by Crippen LogP contribution is 2.31. The van der Waals surface area contributed by atoms with Gasteiger partial charge in [-0.2, -0.15) is 0 Å². The highest BCUT2D eigenvalue weighted by Gasteiger charge is 2.22. The minimum Gasteiger partial charge on any atom is -0.489 e. The van der Waals surface area contributed by atoms with E-state index in [0.717, 1.165) is 5.56 Å². The van der Waals surface area contributed by atoms with Crippen molar-refractivity contribution in [2.24, 2.45) is 0 Å². The number of hydrogen-bond acceptors (Lipinski definition) is 3. The fourth-order valence-corrected chi connectivity index (χ4v) is 2.75. The van der Waals surface area contributed by atoms with E-state index < -0.39 is 31.3 Å². The molecule has 0 atom stereocenters. The summed E-state index contributed by atoms with van der Waals surface area (Å²) in [6.07, 6.45) is 0.444. The Kier molecular flexibility index (Phi) is 4.80. The van der Waals surface area contributed by atoms with Crippen LogP contribution in [0.15, 0.2) is 47.4 Å². The average molecular weight is 333 g/mol. The van der Waals surface area contributed by atoms with Crippen molar-refractivity contribution in [1.29, 1.82) is 0 Å². The van der Waals surface area contributed by atoms with Gasteiger partial charge < -0.3 is 4.74 Å². The zero-order valence-corrected chi connectivity index (χ0v) is 12.3. The first kappa shape index (κ1) is 15.7. The number of hydrogen-bond donors (Lipinski definition) is 0. The van der Waals surface area contributed by atoms with Crippen molar-refractivity contribution >= 4 is 19.7 Å². The van der Waals surface area contributed by atoms with Crippen LogP contribution in [-0.2, 0) is 15.5 Å². The third-order valence-corrected chi connectivity index (χ3v) is 4.04. The summed E-state index contributed by atoms with van der Waals surface area (Å²) in [6, 6.07) is 10.4. The van der Waals surface area contributed by atoms with Gasteiger partial charge in [-0.25, -0.2) is 17.2 Å². The minimum absolute atomic E-state index is 0.0337. The molecular weight excluding hydrogens is 322 g/mol. The van der Waals surface area contributed by atoms with E-state index in [1.54, 1.807) is 0 Å². The molecule has 0 spiro atoms. The lowest BCUT2D eigenvalue weighted by atomic mass is 10.2. The predicted molar refractivity (Wildman–Crippen MR) is 75.0 cm³/mol. The molecule has 3 nitrogen and oxygen atoms in total. The molecule has 112 valence electrons. The van der Waals surface area contributed by atoms with E-state index in [2.05, 4.69) is 0 Å². The molecule has 0 N–H and O–H groups in total. The molecule has 0 aliphatic rings. The maximum atomic E-state index is 13.7. The molecule has 0 amide bonds. The van der Waals surface area contributed by atoms with E-state index in [-0.39, 0.29) is 6.61 Å². The Morgan fingerprint density at radius 2 is 1.76 bits per heavy atom. The van der Waals surface area contributed by atoms with Gasteiger partial charge in [-0.15, -0.1) is 0 Å². The molecule has 2 aromatic rings. The number of halogens is 3. The summed E-state index contributed by atoms with van der Waals surface area (Å²) < 4.78 is 54.6. The van der Waals surface area contributed by atoms with Gasteiger partial charge >= 0.3 is 0 Å². The van der Waals surface area contributed by atoms with Crippen molar-refractivity contribution in [2.75, 3.05) is 6.61 Å². The zero-order chi connectivity index (χ0) is 15.5. The van der Waals surface area contributed by atoms with Crippen LogP contribution in [0.25, 0.3) is 0 Å². The molecule has 7 heteroatoms. The topological polar surface area (TPSA) is 43.4 Å². The van der Waals surface area contributed by atoms with E-state index in [0.29, 0.717) is 18.6 Å². The Balaban J connectivity index is 2.20. The lowest BCUT2D eigenvalue weighted by molar-refractivity contribution is 0.295. The van der Waals surface area contributed by atoms with Crippen LogP contribution in [0.5, 0.6) is 5.75 Å². The fourth-order valence-electron chi connectivity index (χ4n) is 1.77. The van der Waals surface area contributed by atoms with Gasteiger partial charge in [0.25, 0.3) is 9.05 Å². The fraction of sp³-hybridized carbons (Fsp3) is 0.143. The SMILES string of the molecule is O=S(=O)(Cl)c1cc(F)cc(F)c1OCCc1ccccc1. The standard InChI is InChI=1S/C14H11ClF2O3S/c15-21(18,19)13-9-11(16)8-12(17)14(13)20-7-6-10-4-2-1-3-5-10/h1-5,8-9H,6-7H2. The largest absolute Gasteiger partial charge is 0.489 e. The van der Waals surface area contributed by atoms with Crippen LogP contribution in [0.3, 0.4) is 0 Å². The molecule has 0 unspecified atom stereocenters. The maximum absolute atomic E-state index is 13.7. The first-order valence-corrected chi connectivity index (χ1v) is 8.29. The molecule has 0 aliphatic heterocycles. The number of rotatable bonds is 5. The van der Waals surface area contributed by atoms with Gasteiger partial charge in [0, 0.05) is 23.2 Å². The second kappa shape index (κ2) is 6.41. The van der Waals surface area contributed by atoms with Crippen molar-refractivity contribution in [3.05, 3.63) is 59.7 Å². The number of ether oxygens (including phenoxy) is 1. The van der Waals surface area contributed by atoms with Gasteiger partial charge in [0.1, 0.15) is 10.7 Å². The van der Waals surface area contributed by atoms with Crippen LogP contribution in [0.1, 0.15) is 5.56 Å². The molecule has 2 rings (SSSR count). The smallest absolute Gasteiger partial charge is 0.265 e. The Morgan fingerprint density at radius 1 is 1.10 bits per heavy atom. The molecule has 0 fully saturated rings. The minimum atomic E-state index is -4.31. The Labute approximate surface area is 125 Å². The summed E-state index contributed by atoms with van der Waals surface area (Å²) in [5, 5.41) is 0. The van der Waals surface area contributed by atoms with Gasteiger partial charge in [0.05, 0.1) is 6.61 Å². The van der Waals surface area contributed by atoms with E-state index in [1.807, 2.05) is 30.3 Å². The van der Waals surface area contributed by atoms with Crippen LogP contribution in [-0.4, -0.2) is 15.0 Å². The number of benzene rings is 2. The van der Waals surface area contributed by atoms with Crippen molar-refractivity contribution in [1.82, 2.24) is 0 Å². The van der Waals surface area contributed by atoms with Crippen LogP contribution in [0.4, 0.5) is 8.78 Å². The van der Waals surface area contributed by atoms with Crippen molar-refractivity contribution in [2.45, 2.75) is 11.3 Å². The van der Waals surface area contributed by atoms with E-state index in [4.69, 9.17) is 15.4 Å². The summed E-state index contributed by atoms with van der Waals surface area (Å²) in [5.41, 5.74) is 0.940. The third kappa shape index (κ3) is 4.15. The molecule has 0 heterocycles. The Bertz CT molecular complexity index is 733. The lowest BCUT2D eigenvalue weighted by Crippen LogP contribution is -2.07. The van der Waals surface area contributed by atoms with Crippen molar-refractivity contribution < 1.29 is 21.9 Å². The summed E-state index contributed by atoms with van der Waals surface area (Å²) >= 11 is 0. The first-order valence-electron chi connectivity index (χ1n) is 5.98. The monoisotopic (exact) mass is 332 g/mol. The summed E-state index contributed by atoms with van der Waals surface area (Å²) in [6.45, 7) is 0.0337. The average Bonchev–Trinajstić information content (AvgIpc) is 2.41. The molecule has 0 bridgehead atoms. The van der Waals surface area contributed by atoms with E-state index in [9.17, 15) is 17.2 Å². The van der Waals surface area contributed by atoms with Crippen LogP contribution < -0.4 is 4.74 Å². The van der Waals surface area contributed by atoms with Gasteiger partial charge in [-0.05, 0) is 11.6 Å². The zero-order valence-electron chi connectivity index (χ0n) is 10.7. The molecule has 0 saturated carbocycles. The quantitative estimate of drug-likeness (QED) is 0.787. The molecule has 21 heavy (non-hydrogen) atoms. The second-order valence-corrected chi connectivity index (χ2v) is 6.77. The normalized spacial score (nSPS) is 11.4. The van der Waals surface area contributed by atoms with Gasteiger partial charge in [0.2, 0.25) is 0 Å². The third-order valence-electron chi connectivity index (χ3n) is 2.72. The lowest BCUT2D eigenvalue weighted by Gasteiger charge is -2.11. The molecule has 0 aromatic heterocycles. The Hall–Kier alpha value is -1.66. The van der Waals surface area contributed by atoms with E-state index >= 15 is 0 Å². The second-order valence-electron chi connectivity index (χ2n) is 4.24. The van der Waals surface area contributed by atoms with Crippen molar-refractivity contribution in [3.8, 4) is 5.75 Å². The Morgan fingerprint density at radius 3 is 2.38 bits per heavy atom. The van der Waals surface area contributed by atoms with Crippen LogP contribution in [0.2, 0.25) is 0 Å². The first-order chi connectivity index (χ1) is 9.88.